The Kier molecular flexibility index (Phi) is 6.76. The Morgan fingerprint density at radius 2 is 1.68 bits per heavy atom. The van der Waals surface area contributed by atoms with Crippen LogP contribution in [0.2, 0.25) is 0 Å². The van der Waals surface area contributed by atoms with E-state index in [-0.39, 0.29) is 11.8 Å². The lowest BCUT2D eigenvalue weighted by Gasteiger charge is -2.16. The Morgan fingerprint density at radius 3 is 2.36 bits per heavy atom. The summed E-state index contributed by atoms with van der Waals surface area (Å²) in [7, 11) is -3.40. The maximum Gasteiger partial charge on any atom is 0.235 e. The molecule has 1 atom stereocenters. The highest BCUT2D eigenvalue weighted by molar-refractivity contribution is 7.92. The Hall–Kier alpha value is -2.14. The van der Waals surface area contributed by atoms with Gasteiger partial charge in [-0.2, -0.15) is 0 Å². The third-order valence-corrected chi connectivity index (χ3v) is 5.76. The summed E-state index contributed by atoms with van der Waals surface area (Å²) in [5, 5.41) is 2.78. The van der Waals surface area contributed by atoms with Crippen LogP contribution in [0.15, 0.2) is 54.6 Å². The van der Waals surface area contributed by atoms with Crippen LogP contribution in [0.4, 0.5) is 0 Å². The van der Waals surface area contributed by atoms with E-state index in [4.69, 9.17) is 0 Å². The lowest BCUT2D eigenvalue weighted by Crippen LogP contribution is -2.33. The van der Waals surface area contributed by atoms with Gasteiger partial charge in [0, 0.05) is 0 Å². The molecule has 2 aromatic carbocycles. The predicted molar refractivity (Wildman–Crippen MR) is 101 cm³/mol. The molecule has 1 unspecified atom stereocenters. The molecule has 2 aromatic rings. The van der Waals surface area contributed by atoms with E-state index in [0.717, 1.165) is 16.7 Å². The van der Waals surface area contributed by atoms with Crippen molar-refractivity contribution in [3.05, 3.63) is 71.3 Å². The summed E-state index contributed by atoms with van der Waals surface area (Å²) in [6, 6.07) is 17.3. The summed E-state index contributed by atoms with van der Waals surface area (Å²) in [5.41, 5.74) is 3.17. The number of amides is 1. The van der Waals surface area contributed by atoms with Crippen LogP contribution in [0.3, 0.4) is 0 Å². The summed E-state index contributed by atoms with van der Waals surface area (Å²) in [4.78, 5) is 12.1. The van der Waals surface area contributed by atoms with Crippen molar-refractivity contribution in [1.82, 2.24) is 5.32 Å². The minimum absolute atomic E-state index is 0.0219. The monoisotopic (exact) mass is 359 g/mol. The highest BCUT2D eigenvalue weighted by atomic mass is 32.2. The zero-order valence-electron chi connectivity index (χ0n) is 14.7. The van der Waals surface area contributed by atoms with Crippen LogP contribution >= 0.6 is 0 Å². The minimum atomic E-state index is -3.40. The fraction of sp³-hybridized carbons (Fsp3) is 0.350. The number of carbonyl (C=O) groups excluding carboxylic acids is 1. The highest BCUT2D eigenvalue weighted by Crippen LogP contribution is 2.16. The van der Waals surface area contributed by atoms with Crippen LogP contribution in [0.1, 0.15) is 36.1 Å². The molecule has 0 aromatic heterocycles. The number of carbonyl (C=O) groups is 1. The zero-order valence-corrected chi connectivity index (χ0v) is 15.6. The summed E-state index contributed by atoms with van der Waals surface area (Å²) in [6.07, 6.45) is 1.22. The van der Waals surface area contributed by atoms with Gasteiger partial charge in [0.25, 0.3) is 0 Å². The first-order valence-electron chi connectivity index (χ1n) is 8.46. The molecule has 0 fully saturated rings. The molecule has 0 aliphatic carbocycles. The van der Waals surface area contributed by atoms with E-state index in [1.165, 1.54) is 0 Å². The van der Waals surface area contributed by atoms with E-state index in [2.05, 4.69) is 5.32 Å². The highest BCUT2D eigenvalue weighted by Gasteiger charge is 2.19. The largest absolute Gasteiger partial charge is 0.349 e. The molecule has 134 valence electrons. The number of rotatable bonds is 8. The second-order valence-corrected chi connectivity index (χ2v) is 8.51. The van der Waals surface area contributed by atoms with Crippen LogP contribution in [0.5, 0.6) is 0 Å². The molecule has 1 N–H and O–H groups in total. The summed E-state index contributed by atoms with van der Waals surface area (Å²) in [5.74, 6) is -0.887. The first kappa shape index (κ1) is 19.2. The number of hydrogen-bond donors (Lipinski definition) is 1. The summed E-state index contributed by atoms with van der Waals surface area (Å²) < 4.78 is 24.3. The molecule has 0 aliphatic rings. The molecule has 0 heterocycles. The van der Waals surface area contributed by atoms with Gasteiger partial charge in [-0.05, 0) is 43.4 Å². The summed E-state index contributed by atoms with van der Waals surface area (Å²) >= 11 is 0. The van der Waals surface area contributed by atoms with Crippen LogP contribution < -0.4 is 5.32 Å². The van der Waals surface area contributed by atoms with Crippen LogP contribution in [0, 0.1) is 6.92 Å². The van der Waals surface area contributed by atoms with Crippen molar-refractivity contribution in [2.45, 2.75) is 32.7 Å². The van der Waals surface area contributed by atoms with Crippen molar-refractivity contribution in [3.63, 3.8) is 0 Å². The molecule has 0 aliphatic heterocycles. The lowest BCUT2D eigenvalue weighted by molar-refractivity contribution is -0.119. The van der Waals surface area contributed by atoms with E-state index in [0.29, 0.717) is 12.8 Å². The first-order chi connectivity index (χ1) is 11.9. The Labute approximate surface area is 150 Å². The van der Waals surface area contributed by atoms with Crippen molar-refractivity contribution >= 4 is 15.7 Å². The smallest absolute Gasteiger partial charge is 0.235 e. The molecular formula is C20H25NO3S. The molecule has 5 heteroatoms. The number of nitrogens with one attached hydrogen (secondary N) is 1. The molecule has 0 radical (unpaired) electrons. The van der Waals surface area contributed by atoms with Gasteiger partial charge in [-0.1, -0.05) is 54.6 Å². The topological polar surface area (TPSA) is 63.2 Å². The number of aryl methyl sites for hydroxylation is 2. The number of hydrogen-bond acceptors (Lipinski definition) is 3. The van der Waals surface area contributed by atoms with Crippen molar-refractivity contribution in [2.75, 3.05) is 11.5 Å². The van der Waals surface area contributed by atoms with E-state index in [1.807, 2.05) is 68.4 Å². The van der Waals surface area contributed by atoms with Crippen molar-refractivity contribution < 1.29 is 13.2 Å². The van der Waals surface area contributed by atoms with Gasteiger partial charge in [0.1, 0.15) is 5.75 Å². The van der Waals surface area contributed by atoms with Gasteiger partial charge in [-0.3, -0.25) is 4.79 Å². The summed E-state index contributed by atoms with van der Waals surface area (Å²) in [6.45, 7) is 3.83. The lowest BCUT2D eigenvalue weighted by atomic mass is 10.0. The van der Waals surface area contributed by atoms with Gasteiger partial charge >= 0.3 is 0 Å². The Morgan fingerprint density at radius 1 is 1.04 bits per heavy atom. The predicted octanol–water partition coefficient (Wildman–Crippen LogP) is 3.22. The number of benzene rings is 2. The fourth-order valence-electron chi connectivity index (χ4n) is 2.85. The van der Waals surface area contributed by atoms with Gasteiger partial charge in [-0.15, -0.1) is 0 Å². The molecule has 0 saturated heterocycles. The maximum atomic E-state index is 12.2. The standard InChI is InChI=1S/C20H25NO3S/c1-16-9-6-7-13-19(16)17(2)21-20(22)15-25(23,24)14-8-12-18-10-4-3-5-11-18/h3-7,9-11,13,17H,8,12,14-15H2,1-2H3,(H,21,22). The SMILES string of the molecule is Cc1ccccc1C(C)NC(=O)CS(=O)(=O)CCCc1ccccc1. The average Bonchev–Trinajstić information content (AvgIpc) is 2.55. The van der Waals surface area contributed by atoms with Gasteiger partial charge in [0.05, 0.1) is 11.8 Å². The second-order valence-electron chi connectivity index (χ2n) is 6.33. The minimum Gasteiger partial charge on any atom is -0.349 e. The molecular weight excluding hydrogens is 334 g/mol. The second kappa shape index (κ2) is 8.81. The molecule has 0 spiro atoms. The van der Waals surface area contributed by atoms with E-state index in [1.54, 1.807) is 0 Å². The molecule has 25 heavy (non-hydrogen) atoms. The van der Waals surface area contributed by atoms with Crippen LogP contribution in [0.25, 0.3) is 0 Å². The van der Waals surface area contributed by atoms with E-state index < -0.39 is 21.5 Å². The maximum absolute atomic E-state index is 12.2. The van der Waals surface area contributed by atoms with Crippen molar-refractivity contribution in [3.8, 4) is 0 Å². The van der Waals surface area contributed by atoms with Crippen LogP contribution in [-0.4, -0.2) is 25.8 Å². The average molecular weight is 359 g/mol. The fourth-order valence-corrected chi connectivity index (χ4v) is 4.06. The third-order valence-electron chi connectivity index (χ3n) is 4.15. The van der Waals surface area contributed by atoms with E-state index >= 15 is 0 Å². The van der Waals surface area contributed by atoms with Gasteiger partial charge in [-0.25, -0.2) is 8.42 Å². The van der Waals surface area contributed by atoms with Crippen molar-refractivity contribution in [1.29, 1.82) is 0 Å². The normalized spacial score (nSPS) is 12.6. The quantitative estimate of drug-likeness (QED) is 0.787. The molecule has 2 rings (SSSR count). The van der Waals surface area contributed by atoms with Gasteiger partial charge < -0.3 is 5.32 Å². The first-order valence-corrected chi connectivity index (χ1v) is 10.3. The molecule has 0 bridgehead atoms. The van der Waals surface area contributed by atoms with E-state index in [9.17, 15) is 13.2 Å². The Balaban J connectivity index is 1.83. The number of sulfone groups is 1. The molecule has 1 amide bonds. The van der Waals surface area contributed by atoms with Crippen LogP contribution in [-0.2, 0) is 21.1 Å². The Bertz CT molecular complexity index is 801. The van der Waals surface area contributed by atoms with Gasteiger partial charge in [0.15, 0.2) is 9.84 Å². The molecule has 4 nitrogen and oxygen atoms in total. The van der Waals surface area contributed by atoms with Gasteiger partial charge in [0.2, 0.25) is 5.91 Å². The zero-order chi connectivity index (χ0) is 18.3. The molecule has 0 saturated carbocycles. The van der Waals surface area contributed by atoms with Crippen molar-refractivity contribution in [2.24, 2.45) is 0 Å². The third kappa shape index (κ3) is 6.35.